The number of hydrogen-bond acceptors (Lipinski definition) is 3. The predicted octanol–water partition coefficient (Wildman–Crippen LogP) is 21.8. The van der Waals surface area contributed by atoms with Gasteiger partial charge in [0.25, 0.3) is 22.5 Å². The number of rotatable bonds is 6. The highest BCUT2D eigenvalue weighted by Crippen LogP contribution is 2.84. The van der Waals surface area contributed by atoms with Crippen LogP contribution in [0.3, 0.4) is 0 Å². The summed E-state index contributed by atoms with van der Waals surface area (Å²) in [4.78, 5) is 0. The highest BCUT2D eigenvalue weighted by atomic mass is 31.3. The molecule has 6 aromatic heterocycles. The molecule has 0 fully saturated rings. The van der Waals surface area contributed by atoms with E-state index in [1.54, 1.807) is 0 Å². The van der Waals surface area contributed by atoms with Gasteiger partial charge in [0.15, 0.2) is 0 Å². The highest BCUT2D eigenvalue weighted by molar-refractivity contribution is 7.85. The molecule has 18 aromatic rings. The van der Waals surface area contributed by atoms with Crippen molar-refractivity contribution in [3.8, 4) is 0 Å². The third-order valence-electron chi connectivity index (χ3n) is 17.7. The van der Waals surface area contributed by atoms with Crippen molar-refractivity contribution < 1.29 is 0 Å². The van der Waals surface area contributed by atoms with Crippen LogP contribution in [0.25, 0.3) is 131 Å². The third kappa shape index (κ3) is 5.93. The molecule has 0 radical (unpaired) electrons. The van der Waals surface area contributed by atoms with Gasteiger partial charge in [-0.15, -0.1) is 0 Å². The summed E-state index contributed by atoms with van der Waals surface area (Å²) in [6.45, 7) is 0. The number of para-hydroxylation sites is 12. The Balaban J connectivity index is 1.25. The molecule has 19 rings (SSSR count). The lowest BCUT2D eigenvalue weighted by atomic mass is 10.2. The van der Waals surface area contributed by atoms with Gasteiger partial charge < -0.3 is 0 Å². The largest absolute Gasteiger partial charge is 0.283 e. The summed E-state index contributed by atoms with van der Waals surface area (Å²) in [5.41, 5.74) is 12.6. The van der Waals surface area contributed by atoms with Crippen LogP contribution in [0.1, 0.15) is 0 Å². The van der Waals surface area contributed by atoms with Crippen LogP contribution in [0, 0.1) is 0 Å². The van der Waals surface area contributed by atoms with Crippen LogP contribution in [0.5, 0.6) is 0 Å². The lowest BCUT2D eigenvalue weighted by Gasteiger charge is -2.41. The van der Waals surface area contributed by atoms with E-state index in [9.17, 15) is 0 Å². The summed E-state index contributed by atoms with van der Waals surface area (Å²) in [6.07, 6.45) is 0. The van der Waals surface area contributed by atoms with Gasteiger partial charge >= 0.3 is 0 Å². The van der Waals surface area contributed by atoms with Crippen LogP contribution in [-0.4, -0.2) is 26.0 Å². The van der Waals surface area contributed by atoms with Crippen molar-refractivity contribution in [2.45, 2.75) is 0 Å². The predicted molar refractivity (Wildman–Crippen MR) is 357 cm³/mol. The minimum absolute atomic E-state index is 1.05. The average molecular weight is 1130 g/mol. The van der Waals surface area contributed by atoms with E-state index in [-0.39, 0.29) is 0 Å². The second-order valence-electron chi connectivity index (χ2n) is 22.0. The first-order valence-corrected chi connectivity index (χ1v) is 33.3. The molecule has 12 heteroatoms. The van der Waals surface area contributed by atoms with Crippen molar-refractivity contribution in [2.24, 2.45) is 13.5 Å². The molecule has 7 heterocycles. The van der Waals surface area contributed by atoms with Crippen molar-refractivity contribution in [1.82, 2.24) is 26.0 Å². The van der Waals surface area contributed by atoms with Gasteiger partial charge in [-0.2, -0.15) is 13.5 Å². The highest BCUT2D eigenvalue weighted by Gasteiger charge is 2.49. The van der Waals surface area contributed by atoms with Gasteiger partial charge in [-0.3, -0.25) is 26.0 Å². The zero-order valence-corrected chi connectivity index (χ0v) is 47.8. The number of nitrogens with zero attached hydrogens (tertiary/aromatic N) is 9. The molecule has 84 heavy (non-hydrogen) atoms. The molecule has 1 aliphatic rings. The Labute approximate surface area is 481 Å². The Morgan fingerprint density at radius 2 is 0.238 bits per heavy atom. The van der Waals surface area contributed by atoms with Gasteiger partial charge in [0.1, 0.15) is 0 Å². The van der Waals surface area contributed by atoms with Gasteiger partial charge in [-0.1, -0.05) is 218 Å². The number of fused-ring (bicyclic) bond motifs is 18. The third-order valence-corrected chi connectivity index (χ3v) is 29.2. The summed E-state index contributed by atoms with van der Waals surface area (Å²) in [6, 6.07) is 108. The molecule has 1 aliphatic heterocycles. The molecular formula is C72H48N9P3. The SMILES string of the molecule is c1ccc2c(c1)c1ccccc1n2P1(n2c3ccccc3c3ccccc32)=NP(n2c3ccccc3c3ccccc32)(n2c3ccccc3c3ccccc32)=NP(n2c3ccccc3c3ccccc32)(n2c3ccccc3c3ccccc32)=N1. The fraction of sp³-hybridized carbons (Fsp3) is 0. The van der Waals surface area contributed by atoms with E-state index < -0.39 is 22.5 Å². The van der Waals surface area contributed by atoms with Gasteiger partial charge in [0.05, 0.1) is 66.2 Å². The number of benzene rings is 12. The lowest BCUT2D eigenvalue weighted by molar-refractivity contribution is 1.14. The van der Waals surface area contributed by atoms with Crippen molar-refractivity contribution in [3.63, 3.8) is 0 Å². The van der Waals surface area contributed by atoms with E-state index in [1.165, 1.54) is 0 Å². The molecule has 0 N–H and O–H groups in total. The first kappa shape index (κ1) is 46.7. The number of hydrogen-bond donors (Lipinski definition) is 0. The standard InChI is InChI=1S/C72H48N9P3/c1-13-37-61-49(25-1)50-26-2-14-38-62(50)76(61)82(77-63-39-15-3-27-51(63)52-28-4-16-40-64(52)77)73-83(78-65-41-17-5-29-53(65)54-30-6-18-42-66(54)78,79-67-43-19-7-31-55(67)56-32-8-20-44-68(56)79)75-84(74-82,80-69-45-21-9-33-57(69)58-34-10-22-46-70(58)80)81-71-47-23-11-35-59(71)60-36-12-24-48-72(60)81/h1-48H. The Hall–Kier alpha value is -9.87. The van der Waals surface area contributed by atoms with Crippen LogP contribution < -0.4 is 0 Å². The summed E-state index contributed by atoms with van der Waals surface area (Å²) >= 11 is 0. The van der Waals surface area contributed by atoms with E-state index in [0.29, 0.717) is 0 Å². The molecule has 0 aliphatic carbocycles. The first-order valence-electron chi connectivity index (χ1n) is 28.5. The molecule has 12 aromatic carbocycles. The lowest BCUT2D eigenvalue weighted by Crippen LogP contribution is -2.16. The molecule has 0 unspecified atom stereocenters. The maximum Gasteiger partial charge on any atom is 0.283 e. The second kappa shape index (κ2) is 17.1. The van der Waals surface area contributed by atoms with Gasteiger partial charge in [0.2, 0.25) is 0 Å². The average Bonchev–Trinajstić information content (AvgIpc) is 2.09. The normalized spacial score (nSPS) is 15.0. The van der Waals surface area contributed by atoms with E-state index in [1.807, 2.05) is 0 Å². The molecule has 396 valence electrons. The molecule has 0 amide bonds. The van der Waals surface area contributed by atoms with Crippen LogP contribution >= 0.6 is 22.5 Å². The molecular weight excluding hydrogens is 1080 g/mol. The maximum atomic E-state index is 7.29. The summed E-state index contributed by atoms with van der Waals surface area (Å²) < 4.78 is 37.6. The molecule has 9 nitrogen and oxygen atoms in total. The number of aromatic nitrogens is 6. The van der Waals surface area contributed by atoms with E-state index in [4.69, 9.17) is 13.5 Å². The fourth-order valence-electron chi connectivity index (χ4n) is 14.4. The minimum Gasteiger partial charge on any atom is -0.272 e. The smallest absolute Gasteiger partial charge is 0.272 e. The molecule has 0 bridgehead atoms. The Morgan fingerprint density at radius 3 is 0.345 bits per heavy atom. The monoisotopic (exact) mass is 1130 g/mol. The minimum atomic E-state index is -4.01. The Kier molecular flexibility index (Phi) is 9.51. The fourth-order valence-corrected chi connectivity index (χ4v) is 29.6. The van der Waals surface area contributed by atoms with E-state index >= 15 is 0 Å². The Morgan fingerprint density at radius 1 is 0.143 bits per heavy atom. The van der Waals surface area contributed by atoms with Crippen molar-refractivity contribution >= 4 is 153 Å². The maximum absolute atomic E-state index is 7.29. The van der Waals surface area contributed by atoms with Gasteiger partial charge in [-0.25, -0.2) is 0 Å². The second-order valence-corrected chi connectivity index (χ2v) is 29.7. The zero-order valence-electron chi connectivity index (χ0n) is 45.1. The molecule has 0 saturated heterocycles. The van der Waals surface area contributed by atoms with Gasteiger partial charge in [-0.05, 0) is 72.8 Å². The first-order chi connectivity index (χ1) is 41.7. The summed E-state index contributed by atoms with van der Waals surface area (Å²) in [5.74, 6) is 0. The molecule has 0 atom stereocenters. The van der Waals surface area contributed by atoms with E-state index in [0.717, 1.165) is 131 Å². The van der Waals surface area contributed by atoms with Crippen molar-refractivity contribution in [1.29, 1.82) is 0 Å². The molecule has 0 saturated carbocycles. The van der Waals surface area contributed by atoms with Crippen molar-refractivity contribution in [2.75, 3.05) is 0 Å². The zero-order chi connectivity index (χ0) is 54.9. The van der Waals surface area contributed by atoms with Gasteiger partial charge in [0, 0.05) is 64.6 Å². The van der Waals surface area contributed by atoms with Crippen LogP contribution in [-0.2, 0) is 0 Å². The summed E-state index contributed by atoms with van der Waals surface area (Å²) in [7, 11) is -12.0. The van der Waals surface area contributed by atoms with Crippen LogP contribution in [0.4, 0.5) is 0 Å². The quantitative estimate of drug-likeness (QED) is 0.149. The summed E-state index contributed by atoms with van der Waals surface area (Å²) in [5, 5.41) is 13.6. The molecule has 0 spiro atoms. The van der Waals surface area contributed by atoms with E-state index in [2.05, 4.69) is 317 Å². The Bertz CT molecular complexity index is 4800. The van der Waals surface area contributed by atoms with Crippen LogP contribution in [0.15, 0.2) is 305 Å². The van der Waals surface area contributed by atoms with Crippen LogP contribution in [0.2, 0.25) is 0 Å². The topological polar surface area (TPSA) is 66.7 Å². The van der Waals surface area contributed by atoms with Crippen molar-refractivity contribution in [3.05, 3.63) is 291 Å².